The van der Waals surface area contributed by atoms with Crippen molar-refractivity contribution in [3.05, 3.63) is 70.8 Å². The molecule has 2 heterocycles. The highest BCUT2D eigenvalue weighted by molar-refractivity contribution is 5.93. The number of fused-ring (bicyclic) bond motifs is 2. The van der Waals surface area contributed by atoms with Crippen LogP contribution in [0.2, 0.25) is 0 Å². The third-order valence-electron chi connectivity index (χ3n) is 3.19. The van der Waals surface area contributed by atoms with E-state index < -0.39 is 0 Å². The van der Waals surface area contributed by atoms with E-state index in [0.717, 1.165) is 11.1 Å². The second kappa shape index (κ2) is 5.17. The lowest BCUT2D eigenvalue weighted by Gasteiger charge is -1.87. The van der Waals surface area contributed by atoms with E-state index in [1.165, 1.54) is 0 Å². The number of carbonyl (C=O) groups excluding carboxylic acids is 2. The lowest BCUT2D eigenvalue weighted by molar-refractivity contribution is 0.0526. The van der Waals surface area contributed by atoms with Gasteiger partial charge in [-0.25, -0.2) is 9.59 Å². The van der Waals surface area contributed by atoms with Crippen LogP contribution < -0.4 is 0 Å². The van der Waals surface area contributed by atoms with Gasteiger partial charge in [-0.05, 0) is 12.1 Å². The fourth-order valence-electron chi connectivity index (χ4n) is 2.13. The predicted molar refractivity (Wildman–Crippen MR) is 71.1 cm³/mol. The minimum absolute atomic E-state index is 0.199. The topological polar surface area (TPSA) is 52.6 Å². The van der Waals surface area contributed by atoms with Crippen molar-refractivity contribution >= 4 is 11.9 Å². The summed E-state index contributed by atoms with van der Waals surface area (Å²) < 4.78 is 9.57. The molecule has 4 rings (SSSR count). The maximum atomic E-state index is 10.8. The zero-order chi connectivity index (χ0) is 13.9. The molecule has 4 heteroatoms. The van der Waals surface area contributed by atoms with Crippen LogP contribution in [0.25, 0.3) is 0 Å². The molecule has 100 valence electrons. The Hall–Kier alpha value is -2.62. The number of esters is 2. The number of benzene rings is 2. The highest BCUT2D eigenvalue weighted by Crippen LogP contribution is 2.18. The smallest absolute Gasteiger partial charge is 0.338 e. The maximum absolute atomic E-state index is 10.8. The maximum Gasteiger partial charge on any atom is 0.338 e. The molecule has 0 saturated heterocycles. The molecule has 0 spiro atoms. The van der Waals surface area contributed by atoms with E-state index in [2.05, 4.69) is 0 Å². The number of ether oxygens (including phenoxy) is 2. The van der Waals surface area contributed by atoms with Crippen molar-refractivity contribution in [2.45, 2.75) is 13.2 Å². The molecular weight excluding hydrogens is 256 g/mol. The SMILES string of the molecule is O=C1OCc2ccccc21.O=C1OCc2ccccc21. The molecule has 4 nitrogen and oxygen atoms in total. The first-order valence-corrected chi connectivity index (χ1v) is 6.26. The molecule has 0 fully saturated rings. The molecule has 2 aliphatic rings. The van der Waals surface area contributed by atoms with E-state index in [1.807, 2.05) is 36.4 Å². The van der Waals surface area contributed by atoms with Gasteiger partial charge in [0.2, 0.25) is 0 Å². The summed E-state index contributed by atoms with van der Waals surface area (Å²) >= 11 is 0. The van der Waals surface area contributed by atoms with Crippen LogP contribution in [0.3, 0.4) is 0 Å². The number of carbonyl (C=O) groups is 2. The van der Waals surface area contributed by atoms with Crippen molar-refractivity contribution in [3.63, 3.8) is 0 Å². The summed E-state index contributed by atoms with van der Waals surface area (Å²) in [6.45, 7) is 0.879. The number of hydrogen-bond donors (Lipinski definition) is 0. The Morgan fingerprint density at radius 1 is 0.650 bits per heavy atom. The second-order valence-corrected chi connectivity index (χ2v) is 4.47. The highest BCUT2D eigenvalue weighted by Gasteiger charge is 2.19. The van der Waals surface area contributed by atoms with Crippen molar-refractivity contribution in [2.24, 2.45) is 0 Å². The largest absolute Gasteiger partial charge is 0.457 e. The summed E-state index contributed by atoms with van der Waals surface area (Å²) in [6.07, 6.45) is 0. The fraction of sp³-hybridized carbons (Fsp3) is 0.125. The van der Waals surface area contributed by atoms with Gasteiger partial charge in [0.15, 0.2) is 0 Å². The molecule has 0 radical (unpaired) electrons. The van der Waals surface area contributed by atoms with Gasteiger partial charge >= 0.3 is 11.9 Å². The first-order chi connectivity index (χ1) is 9.75. The third kappa shape index (κ3) is 2.28. The van der Waals surface area contributed by atoms with Crippen LogP contribution in [0.5, 0.6) is 0 Å². The van der Waals surface area contributed by atoms with Crippen LogP contribution in [0.15, 0.2) is 48.5 Å². The summed E-state index contributed by atoms with van der Waals surface area (Å²) in [7, 11) is 0. The van der Waals surface area contributed by atoms with Crippen molar-refractivity contribution in [2.75, 3.05) is 0 Å². The van der Waals surface area contributed by atoms with E-state index in [0.29, 0.717) is 24.3 Å². The van der Waals surface area contributed by atoms with E-state index in [-0.39, 0.29) is 11.9 Å². The van der Waals surface area contributed by atoms with Crippen LogP contribution in [0, 0.1) is 0 Å². The predicted octanol–water partition coefficient (Wildman–Crippen LogP) is 2.71. The molecule has 0 saturated carbocycles. The fourth-order valence-corrected chi connectivity index (χ4v) is 2.13. The first kappa shape index (κ1) is 12.4. The van der Waals surface area contributed by atoms with Gasteiger partial charge in [-0.2, -0.15) is 0 Å². The molecule has 0 aliphatic carbocycles. The van der Waals surface area contributed by atoms with Gasteiger partial charge in [0.25, 0.3) is 0 Å². The van der Waals surface area contributed by atoms with Crippen LogP contribution in [-0.4, -0.2) is 11.9 Å². The normalized spacial score (nSPS) is 14.6. The van der Waals surface area contributed by atoms with Crippen molar-refractivity contribution < 1.29 is 19.1 Å². The Morgan fingerprint density at radius 2 is 1.05 bits per heavy atom. The Labute approximate surface area is 115 Å². The summed E-state index contributed by atoms with van der Waals surface area (Å²) in [5, 5.41) is 0. The Balaban J connectivity index is 0.000000121. The number of cyclic esters (lactones) is 2. The monoisotopic (exact) mass is 268 g/mol. The molecule has 2 aromatic rings. The molecular formula is C16H12O4. The van der Waals surface area contributed by atoms with Crippen LogP contribution in [-0.2, 0) is 22.7 Å². The van der Waals surface area contributed by atoms with Crippen LogP contribution in [0.4, 0.5) is 0 Å². The van der Waals surface area contributed by atoms with Crippen molar-refractivity contribution in [1.82, 2.24) is 0 Å². The average molecular weight is 268 g/mol. The Morgan fingerprint density at radius 3 is 1.45 bits per heavy atom. The van der Waals surface area contributed by atoms with Gasteiger partial charge in [0, 0.05) is 11.1 Å². The van der Waals surface area contributed by atoms with Crippen molar-refractivity contribution in [1.29, 1.82) is 0 Å². The molecule has 0 N–H and O–H groups in total. The molecule has 0 unspecified atom stereocenters. The average Bonchev–Trinajstić information content (AvgIpc) is 3.05. The van der Waals surface area contributed by atoms with Gasteiger partial charge in [-0.1, -0.05) is 36.4 Å². The molecule has 2 aromatic carbocycles. The molecule has 20 heavy (non-hydrogen) atoms. The minimum Gasteiger partial charge on any atom is -0.457 e. The van der Waals surface area contributed by atoms with Crippen molar-refractivity contribution in [3.8, 4) is 0 Å². The quantitative estimate of drug-likeness (QED) is 0.689. The van der Waals surface area contributed by atoms with Gasteiger partial charge < -0.3 is 9.47 Å². The standard InChI is InChI=1S/2C8H6O2/c2*9-8-7-4-2-1-3-6(7)5-10-8/h2*1-4H,5H2. The molecule has 0 amide bonds. The number of hydrogen-bond acceptors (Lipinski definition) is 4. The zero-order valence-corrected chi connectivity index (χ0v) is 10.7. The lowest BCUT2D eigenvalue weighted by Crippen LogP contribution is -1.91. The molecule has 0 bridgehead atoms. The van der Waals surface area contributed by atoms with Crippen LogP contribution in [0.1, 0.15) is 31.8 Å². The molecule has 0 atom stereocenters. The highest BCUT2D eigenvalue weighted by atomic mass is 16.5. The Kier molecular flexibility index (Phi) is 3.21. The lowest BCUT2D eigenvalue weighted by atomic mass is 10.1. The minimum atomic E-state index is -0.199. The third-order valence-corrected chi connectivity index (χ3v) is 3.19. The van der Waals surface area contributed by atoms with E-state index >= 15 is 0 Å². The number of rotatable bonds is 0. The first-order valence-electron chi connectivity index (χ1n) is 6.26. The second-order valence-electron chi connectivity index (χ2n) is 4.47. The van der Waals surface area contributed by atoms with Gasteiger partial charge in [-0.3, -0.25) is 0 Å². The van der Waals surface area contributed by atoms with Gasteiger partial charge in [-0.15, -0.1) is 0 Å². The van der Waals surface area contributed by atoms with E-state index in [1.54, 1.807) is 12.1 Å². The molecule has 2 aliphatic heterocycles. The van der Waals surface area contributed by atoms with E-state index in [4.69, 9.17) is 9.47 Å². The summed E-state index contributed by atoms with van der Waals surface area (Å²) in [5.74, 6) is -0.397. The Bertz CT molecular complexity index is 616. The zero-order valence-electron chi connectivity index (χ0n) is 10.7. The summed E-state index contributed by atoms with van der Waals surface area (Å²) in [6, 6.07) is 14.9. The van der Waals surface area contributed by atoms with Gasteiger partial charge in [0.05, 0.1) is 11.1 Å². The van der Waals surface area contributed by atoms with Crippen LogP contribution >= 0.6 is 0 Å². The summed E-state index contributed by atoms with van der Waals surface area (Å²) in [4.78, 5) is 21.7. The van der Waals surface area contributed by atoms with E-state index in [9.17, 15) is 9.59 Å². The van der Waals surface area contributed by atoms with Gasteiger partial charge in [0.1, 0.15) is 13.2 Å². The molecule has 0 aromatic heterocycles. The summed E-state index contributed by atoms with van der Waals surface area (Å²) in [5.41, 5.74) is 3.41.